The third-order valence-corrected chi connectivity index (χ3v) is 4.40. The second kappa shape index (κ2) is 7.53. The summed E-state index contributed by atoms with van der Waals surface area (Å²) in [5, 5.41) is 3.72. The van der Waals surface area contributed by atoms with Gasteiger partial charge in [-0.3, -0.25) is 0 Å². The normalized spacial score (nSPS) is 23.1. The minimum atomic E-state index is 0.619. The molecule has 2 rings (SSSR count). The van der Waals surface area contributed by atoms with Gasteiger partial charge in [-0.05, 0) is 24.8 Å². The molecule has 112 valence electrons. The average Bonchev–Trinajstić information content (AvgIpc) is 2.69. The summed E-state index contributed by atoms with van der Waals surface area (Å²) < 4.78 is 10.9. The van der Waals surface area contributed by atoms with Gasteiger partial charge >= 0.3 is 0 Å². The molecule has 1 fully saturated rings. The summed E-state index contributed by atoms with van der Waals surface area (Å²) in [6, 6.07) is 6.69. The fourth-order valence-corrected chi connectivity index (χ4v) is 3.13. The van der Waals surface area contributed by atoms with Gasteiger partial charge in [-0.25, -0.2) is 0 Å². The minimum Gasteiger partial charge on any atom is -0.493 e. The van der Waals surface area contributed by atoms with Crippen LogP contribution in [0.1, 0.15) is 44.6 Å². The van der Waals surface area contributed by atoms with Crippen molar-refractivity contribution in [3.8, 4) is 11.5 Å². The predicted molar refractivity (Wildman–Crippen MR) is 82.4 cm³/mol. The fourth-order valence-electron chi connectivity index (χ4n) is 3.13. The standard InChI is InChI=1S/C17H27NO2/c1-13-8-5-4-6-10-15(13)18-12-14-9-7-11-16(19-2)17(14)20-3/h7,9,11,13,15,18H,4-6,8,10,12H2,1-3H3. The van der Waals surface area contributed by atoms with Gasteiger partial charge in [-0.1, -0.05) is 38.3 Å². The van der Waals surface area contributed by atoms with E-state index < -0.39 is 0 Å². The van der Waals surface area contributed by atoms with Gasteiger partial charge in [-0.15, -0.1) is 0 Å². The molecule has 1 aliphatic carbocycles. The van der Waals surface area contributed by atoms with Crippen LogP contribution in [0.3, 0.4) is 0 Å². The van der Waals surface area contributed by atoms with Crippen molar-refractivity contribution in [2.45, 2.75) is 51.6 Å². The lowest BCUT2D eigenvalue weighted by Crippen LogP contribution is -2.33. The van der Waals surface area contributed by atoms with Gasteiger partial charge in [0.15, 0.2) is 11.5 Å². The first-order valence-electron chi connectivity index (χ1n) is 7.69. The van der Waals surface area contributed by atoms with Crippen molar-refractivity contribution < 1.29 is 9.47 Å². The van der Waals surface area contributed by atoms with E-state index in [1.807, 2.05) is 12.1 Å². The van der Waals surface area contributed by atoms with Gasteiger partial charge in [-0.2, -0.15) is 0 Å². The highest BCUT2D eigenvalue weighted by atomic mass is 16.5. The molecule has 3 nitrogen and oxygen atoms in total. The highest BCUT2D eigenvalue weighted by molar-refractivity contribution is 5.46. The van der Waals surface area contributed by atoms with Crippen LogP contribution in [0.15, 0.2) is 18.2 Å². The van der Waals surface area contributed by atoms with E-state index in [0.717, 1.165) is 24.0 Å². The summed E-state index contributed by atoms with van der Waals surface area (Å²) in [5.74, 6) is 2.42. The maximum atomic E-state index is 5.49. The third kappa shape index (κ3) is 3.66. The van der Waals surface area contributed by atoms with Crippen LogP contribution in [-0.2, 0) is 6.54 Å². The van der Waals surface area contributed by atoms with Gasteiger partial charge in [0.25, 0.3) is 0 Å². The van der Waals surface area contributed by atoms with Crippen LogP contribution in [0.5, 0.6) is 11.5 Å². The molecule has 1 aliphatic rings. The molecule has 0 aromatic heterocycles. The molecule has 1 aromatic rings. The monoisotopic (exact) mass is 277 g/mol. The summed E-state index contributed by atoms with van der Waals surface area (Å²) in [4.78, 5) is 0. The second-order valence-corrected chi connectivity index (χ2v) is 5.76. The van der Waals surface area contributed by atoms with E-state index in [9.17, 15) is 0 Å². The Hall–Kier alpha value is -1.22. The number of methoxy groups -OCH3 is 2. The molecule has 20 heavy (non-hydrogen) atoms. The van der Waals surface area contributed by atoms with Crippen molar-refractivity contribution in [2.75, 3.05) is 14.2 Å². The molecule has 0 heterocycles. The maximum absolute atomic E-state index is 5.49. The summed E-state index contributed by atoms with van der Waals surface area (Å²) in [6.45, 7) is 3.21. The molecule has 0 aliphatic heterocycles. The van der Waals surface area contributed by atoms with E-state index in [-0.39, 0.29) is 0 Å². The van der Waals surface area contributed by atoms with Crippen LogP contribution < -0.4 is 14.8 Å². The summed E-state index contributed by atoms with van der Waals surface area (Å²) >= 11 is 0. The Morgan fingerprint density at radius 2 is 1.90 bits per heavy atom. The summed E-state index contributed by atoms with van der Waals surface area (Å²) in [7, 11) is 3.39. The van der Waals surface area contributed by atoms with Gasteiger partial charge < -0.3 is 14.8 Å². The molecule has 3 heteroatoms. The van der Waals surface area contributed by atoms with Crippen molar-refractivity contribution in [1.29, 1.82) is 0 Å². The van der Waals surface area contributed by atoms with Crippen LogP contribution in [0.2, 0.25) is 0 Å². The highest BCUT2D eigenvalue weighted by Gasteiger charge is 2.20. The molecule has 1 saturated carbocycles. The highest BCUT2D eigenvalue weighted by Crippen LogP contribution is 2.31. The van der Waals surface area contributed by atoms with Crippen LogP contribution in [-0.4, -0.2) is 20.3 Å². The Morgan fingerprint density at radius 1 is 1.10 bits per heavy atom. The van der Waals surface area contributed by atoms with E-state index in [0.29, 0.717) is 6.04 Å². The molecule has 2 unspecified atom stereocenters. The topological polar surface area (TPSA) is 30.5 Å². The van der Waals surface area contributed by atoms with Crippen molar-refractivity contribution in [1.82, 2.24) is 5.32 Å². The zero-order valence-electron chi connectivity index (χ0n) is 12.9. The van der Waals surface area contributed by atoms with Crippen LogP contribution in [0, 0.1) is 5.92 Å². The summed E-state index contributed by atoms with van der Waals surface area (Å²) in [6.07, 6.45) is 6.73. The second-order valence-electron chi connectivity index (χ2n) is 5.76. The number of benzene rings is 1. The molecule has 1 aromatic carbocycles. The van der Waals surface area contributed by atoms with E-state index in [1.54, 1.807) is 14.2 Å². The average molecular weight is 277 g/mol. The van der Waals surface area contributed by atoms with Gasteiger partial charge in [0.1, 0.15) is 0 Å². The molecule has 2 atom stereocenters. The van der Waals surface area contributed by atoms with E-state index >= 15 is 0 Å². The zero-order valence-corrected chi connectivity index (χ0v) is 12.9. The molecule has 0 spiro atoms. The smallest absolute Gasteiger partial charge is 0.165 e. The van der Waals surface area contributed by atoms with Gasteiger partial charge in [0, 0.05) is 18.2 Å². The largest absolute Gasteiger partial charge is 0.493 e. The Bertz CT molecular complexity index is 419. The lowest BCUT2D eigenvalue weighted by atomic mass is 9.96. The number of nitrogens with one attached hydrogen (secondary N) is 1. The van der Waals surface area contributed by atoms with Crippen molar-refractivity contribution in [2.24, 2.45) is 5.92 Å². The molecular weight excluding hydrogens is 250 g/mol. The first-order chi connectivity index (χ1) is 9.76. The Morgan fingerprint density at radius 3 is 2.65 bits per heavy atom. The van der Waals surface area contributed by atoms with Crippen LogP contribution in [0.4, 0.5) is 0 Å². The number of para-hydroxylation sites is 1. The van der Waals surface area contributed by atoms with E-state index in [4.69, 9.17) is 9.47 Å². The Labute approximate surface area is 122 Å². The first kappa shape index (κ1) is 15.2. The van der Waals surface area contributed by atoms with Crippen molar-refractivity contribution in [3.05, 3.63) is 23.8 Å². The third-order valence-electron chi connectivity index (χ3n) is 4.40. The Kier molecular flexibility index (Phi) is 5.72. The molecule has 0 saturated heterocycles. The van der Waals surface area contributed by atoms with Crippen LogP contribution in [0.25, 0.3) is 0 Å². The van der Waals surface area contributed by atoms with E-state index in [1.165, 1.54) is 37.7 Å². The number of hydrogen-bond donors (Lipinski definition) is 1. The molecular formula is C17H27NO2. The van der Waals surface area contributed by atoms with E-state index in [2.05, 4.69) is 18.3 Å². The summed E-state index contributed by atoms with van der Waals surface area (Å²) in [5.41, 5.74) is 1.17. The molecule has 0 radical (unpaired) electrons. The van der Waals surface area contributed by atoms with Gasteiger partial charge in [0.05, 0.1) is 14.2 Å². The predicted octanol–water partition coefficient (Wildman–Crippen LogP) is 3.76. The van der Waals surface area contributed by atoms with Gasteiger partial charge in [0.2, 0.25) is 0 Å². The fraction of sp³-hybridized carbons (Fsp3) is 0.647. The van der Waals surface area contributed by atoms with Crippen molar-refractivity contribution in [3.63, 3.8) is 0 Å². The number of rotatable bonds is 5. The number of hydrogen-bond acceptors (Lipinski definition) is 3. The molecule has 0 bridgehead atoms. The van der Waals surface area contributed by atoms with Crippen molar-refractivity contribution >= 4 is 0 Å². The lowest BCUT2D eigenvalue weighted by Gasteiger charge is -2.23. The lowest BCUT2D eigenvalue weighted by molar-refractivity contribution is 0.338. The Balaban J connectivity index is 2.02. The molecule has 1 N–H and O–H groups in total. The minimum absolute atomic E-state index is 0.619. The quantitative estimate of drug-likeness (QED) is 0.831. The zero-order chi connectivity index (χ0) is 14.4. The SMILES string of the molecule is COc1cccc(CNC2CCCCCC2C)c1OC. The molecule has 0 amide bonds. The van der Waals surface area contributed by atoms with Crippen LogP contribution >= 0.6 is 0 Å². The number of ether oxygens (including phenoxy) is 2. The maximum Gasteiger partial charge on any atom is 0.165 e. The first-order valence-corrected chi connectivity index (χ1v) is 7.69.